The van der Waals surface area contributed by atoms with Gasteiger partial charge >= 0.3 is 0 Å². The molecule has 0 atom stereocenters. The first-order chi connectivity index (χ1) is 6.98. The van der Waals surface area contributed by atoms with Crippen molar-refractivity contribution >= 4 is 26.6 Å². The number of rotatable bonds is 1. The molecule has 2 N–H and O–H groups in total. The zero-order valence-corrected chi connectivity index (χ0v) is 9.79. The number of hydrogen-bond acceptors (Lipinski definition) is 4. The maximum absolute atomic E-state index is 10.8. The summed E-state index contributed by atoms with van der Waals surface area (Å²) in [6, 6.07) is 9.26. The average molecular weight is 281 g/mol. The van der Waals surface area contributed by atoms with E-state index in [1.807, 2.05) is 0 Å². The van der Waals surface area contributed by atoms with Crippen molar-refractivity contribution in [3.05, 3.63) is 36.4 Å². The number of hydrogen-bond donors (Lipinski definition) is 1. The summed E-state index contributed by atoms with van der Waals surface area (Å²) in [6.07, 6.45) is 0. The average Bonchev–Trinajstić information content (AvgIpc) is 2.16. The van der Waals surface area contributed by atoms with Crippen molar-refractivity contribution in [2.45, 2.75) is 4.90 Å². The Balaban J connectivity index is 0.00000128. The standard InChI is InChI=1S/C10H9NO3S.Ni/c11-10-3-1-2-7-6-8(15(12,13)14)4-5-9(7)10;/h1-6H,11H2,(H,12,13,14);/p-1. The van der Waals surface area contributed by atoms with E-state index < -0.39 is 10.1 Å². The maximum atomic E-state index is 10.8. The molecule has 0 aliphatic heterocycles. The van der Waals surface area contributed by atoms with E-state index in [9.17, 15) is 13.0 Å². The minimum Gasteiger partial charge on any atom is -0.744 e. The van der Waals surface area contributed by atoms with Gasteiger partial charge < -0.3 is 10.3 Å². The summed E-state index contributed by atoms with van der Waals surface area (Å²) >= 11 is 0. The Kier molecular flexibility index (Phi) is 3.58. The molecule has 88 valence electrons. The summed E-state index contributed by atoms with van der Waals surface area (Å²) in [5.41, 5.74) is 6.25. The van der Waals surface area contributed by atoms with Crippen molar-refractivity contribution in [3.63, 3.8) is 0 Å². The molecule has 0 spiro atoms. The Hall–Kier alpha value is -1.10. The fourth-order valence-corrected chi connectivity index (χ4v) is 1.95. The maximum Gasteiger partial charge on any atom is 0.124 e. The van der Waals surface area contributed by atoms with Gasteiger partial charge in [0.25, 0.3) is 0 Å². The van der Waals surface area contributed by atoms with Gasteiger partial charge in [-0.15, -0.1) is 0 Å². The molecule has 0 aliphatic carbocycles. The van der Waals surface area contributed by atoms with Crippen LogP contribution in [0.25, 0.3) is 10.8 Å². The third-order valence-electron chi connectivity index (χ3n) is 2.17. The molecule has 2 rings (SSSR count). The number of benzene rings is 2. The molecule has 0 radical (unpaired) electrons. The van der Waals surface area contributed by atoms with Crippen LogP contribution < -0.4 is 5.73 Å². The molecule has 0 saturated carbocycles. The number of nitrogen functional groups attached to an aromatic ring is 1. The third kappa shape index (κ3) is 2.35. The largest absolute Gasteiger partial charge is 0.744 e. The van der Waals surface area contributed by atoms with E-state index in [0.29, 0.717) is 11.1 Å². The van der Waals surface area contributed by atoms with E-state index in [0.717, 1.165) is 5.39 Å². The van der Waals surface area contributed by atoms with Crippen molar-refractivity contribution in [2.75, 3.05) is 5.73 Å². The predicted octanol–water partition coefficient (Wildman–Crippen LogP) is 1.32. The van der Waals surface area contributed by atoms with E-state index in [4.69, 9.17) is 5.73 Å². The molecule has 4 nitrogen and oxygen atoms in total. The zero-order chi connectivity index (χ0) is 11.1. The fourth-order valence-electron chi connectivity index (χ4n) is 1.44. The van der Waals surface area contributed by atoms with Crippen LogP contribution in [0.3, 0.4) is 0 Å². The van der Waals surface area contributed by atoms with Crippen LogP contribution in [0.5, 0.6) is 0 Å². The Bertz CT molecular complexity index is 625. The van der Waals surface area contributed by atoms with E-state index in [1.54, 1.807) is 18.2 Å². The summed E-state index contributed by atoms with van der Waals surface area (Å²) in [7, 11) is -4.40. The van der Waals surface area contributed by atoms with Gasteiger partial charge in [-0.2, -0.15) is 0 Å². The molecule has 0 amide bonds. The molecule has 0 aromatic heterocycles. The number of nitrogens with two attached hydrogens (primary N) is 1. The molecule has 2 aromatic rings. The first kappa shape index (κ1) is 13.0. The normalized spacial score (nSPS) is 11.1. The minimum absolute atomic E-state index is 0. The van der Waals surface area contributed by atoms with Crippen LogP contribution in [0.1, 0.15) is 0 Å². The van der Waals surface area contributed by atoms with E-state index >= 15 is 0 Å². The first-order valence-electron chi connectivity index (χ1n) is 4.22. The molecule has 6 heteroatoms. The van der Waals surface area contributed by atoms with Crippen molar-refractivity contribution in [2.24, 2.45) is 0 Å². The van der Waals surface area contributed by atoms with Gasteiger partial charge in [0.15, 0.2) is 0 Å². The SMILES string of the molecule is Nc1cccc2cc(S(=O)(=O)[O-])ccc12.[Ni]. The number of anilines is 1. The van der Waals surface area contributed by atoms with Crippen LogP contribution in [0.2, 0.25) is 0 Å². The third-order valence-corrected chi connectivity index (χ3v) is 3.01. The topological polar surface area (TPSA) is 83.2 Å². The molecule has 0 aliphatic rings. The van der Waals surface area contributed by atoms with Crippen LogP contribution in [-0.4, -0.2) is 13.0 Å². The molecular weight excluding hydrogens is 273 g/mol. The van der Waals surface area contributed by atoms with Gasteiger partial charge in [-0.1, -0.05) is 18.2 Å². The Labute approximate surface area is 103 Å². The molecule has 16 heavy (non-hydrogen) atoms. The molecule has 0 saturated heterocycles. The Morgan fingerprint density at radius 1 is 1.12 bits per heavy atom. The summed E-state index contributed by atoms with van der Waals surface area (Å²) in [6.45, 7) is 0. The van der Waals surface area contributed by atoms with Gasteiger partial charge in [-0.3, -0.25) is 0 Å². The van der Waals surface area contributed by atoms with Gasteiger partial charge in [0.1, 0.15) is 10.1 Å². The second kappa shape index (κ2) is 4.41. The van der Waals surface area contributed by atoms with Gasteiger partial charge in [-0.05, 0) is 23.6 Å². The van der Waals surface area contributed by atoms with E-state index in [1.165, 1.54) is 18.2 Å². The van der Waals surface area contributed by atoms with E-state index in [2.05, 4.69) is 0 Å². The second-order valence-corrected chi connectivity index (χ2v) is 4.56. The van der Waals surface area contributed by atoms with Crippen LogP contribution in [0.4, 0.5) is 5.69 Å². The van der Waals surface area contributed by atoms with Crippen LogP contribution in [-0.2, 0) is 26.6 Å². The molecule has 2 aromatic carbocycles. The van der Waals surface area contributed by atoms with Crippen molar-refractivity contribution < 1.29 is 29.5 Å². The number of fused-ring (bicyclic) bond motifs is 1. The minimum atomic E-state index is -4.40. The van der Waals surface area contributed by atoms with Gasteiger partial charge in [0, 0.05) is 27.6 Å². The molecule has 0 fully saturated rings. The monoisotopic (exact) mass is 280 g/mol. The summed E-state index contributed by atoms with van der Waals surface area (Å²) in [5.74, 6) is 0. The second-order valence-electron chi connectivity index (χ2n) is 3.18. The quantitative estimate of drug-likeness (QED) is 0.485. The predicted molar refractivity (Wildman–Crippen MR) is 56.3 cm³/mol. The van der Waals surface area contributed by atoms with Crippen LogP contribution in [0, 0.1) is 0 Å². The summed E-state index contributed by atoms with van der Waals surface area (Å²) in [5, 5.41) is 1.39. The Morgan fingerprint density at radius 2 is 1.81 bits per heavy atom. The molecule has 0 heterocycles. The summed E-state index contributed by atoms with van der Waals surface area (Å²) in [4.78, 5) is -0.236. The molecule has 0 bridgehead atoms. The molecule has 0 unspecified atom stereocenters. The van der Waals surface area contributed by atoms with Crippen LogP contribution in [0.15, 0.2) is 41.3 Å². The Morgan fingerprint density at radius 3 is 2.44 bits per heavy atom. The van der Waals surface area contributed by atoms with E-state index in [-0.39, 0.29) is 21.4 Å². The van der Waals surface area contributed by atoms with Gasteiger partial charge in [0.05, 0.1) is 4.90 Å². The van der Waals surface area contributed by atoms with Crippen molar-refractivity contribution in [3.8, 4) is 0 Å². The smallest absolute Gasteiger partial charge is 0.124 e. The fraction of sp³-hybridized carbons (Fsp3) is 0. The van der Waals surface area contributed by atoms with Crippen LogP contribution >= 0.6 is 0 Å². The molecular formula is C10H8NNiO3S-. The zero-order valence-electron chi connectivity index (χ0n) is 7.99. The van der Waals surface area contributed by atoms with Crippen molar-refractivity contribution in [1.82, 2.24) is 0 Å². The van der Waals surface area contributed by atoms with Crippen molar-refractivity contribution in [1.29, 1.82) is 0 Å². The van der Waals surface area contributed by atoms with Gasteiger partial charge in [0.2, 0.25) is 0 Å². The summed E-state index contributed by atoms with van der Waals surface area (Å²) < 4.78 is 32.3. The first-order valence-corrected chi connectivity index (χ1v) is 5.63. The van der Waals surface area contributed by atoms with Gasteiger partial charge in [-0.25, -0.2) is 8.42 Å².